The van der Waals surface area contributed by atoms with E-state index in [2.05, 4.69) is 43.0 Å². The van der Waals surface area contributed by atoms with Crippen LogP contribution in [-0.4, -0.2) is 74.2 Å². The number of benzene rings is 2. The van der Waals surface area contributed by atoms with Crippen molar-refractivity contribution in [2.45, 2.75) is 44.2 Å². The van der Waals surface area contributed by atoms with E-state index in [0.717, 1.165) is 13.0 Å². The topological polar surface area (TPSA) is 60.9 Å². The zero-order chi connectivity index (χ0) is 22.8. The SMILES string of the molecule is Cc1ccc(C(=O)N2CC(C)N(CCc3ccccc3)C(C)C2)cc1S(=O)(=O)N(C)C. The highest BCUT2D eigenvalue weighted by Gasteiger charge is 2.32. The van der Waals surface area contributed by atoms with Crippen LogP contribution in [0.5, 0.6) is 0 Å². The molecule has 7 heteroatoms. The van der Waals surface area contributed by atoms with Crippen molar-refractivity contribution in [1.29, 1.82) is 0 Å². The van der Waals surface area contributed by atoms with E-state index >= 15 is 0 Å². The summed E-state index contributed by atoms with van der Waals surface area (Å²) in [5, 5.41) is 0. The molecule has 1 heterocycles. The molecule has 0 aliphatic carbocycles. The molecule has 0 N–H and O–H groups in total. The highest BCUT2D eigenvalue weighted by Crippen LogP contribution is 2.23. The van der Waals surface area contributed by atoms with Crippen LogP contribution < -0.4 is 0 Å². The van der Waals surface area contributed by atoms with Gasteiger partial charge in [0.2, 0.25) is 10.0 Å². The molecule has 2 unspecified atom stereocenters. The average molecular weight is 444 g/mol. The second kappa shape index (κ2) is 9.51. The Hall–Kier alpha value is -2.22. The van der Waals surface area contributed by atoms with Gasteiger partial charge >= 0.3 is 0 Å². The maximum Gasteiger partial charge on any atom is 0.254 e. The molecule has 168 valence electrons. The van der Waals surface area contributed by atoms with Crippen LogP contribution in [0.25, 0.3) is 0 Å². The summed E-state index contributed by atoms with van der Waals surface area (Å²) in [6.07, 6.45) is 0.979. The van der Waals surface area contributed by atoms with E-state index < -0.39 is 10.0 Å². The molecule has 0 aromatic heterocycles. The van der Waals surface area contributed by atoms with Gasteiger partial charge in [0.15, 0.2) is 0 Å². The highest BCUT2D eigenvalue weighted by atomic mass is 32.2. The number of carbonyl (C=O) groups is 1. The number of aryl methyl sites for hydroxylation is 1. The zero-order valence-electron chi connectivity index (χ0n) is 19.1. The number of hydrogen-bond donors (Lipinski definition) is 0. The summed E-state index contributed by atoms with van der Waals surface area (Å²) in [5.41, 5.74) is 2.37. The van der Waals surface area contributed by atoms with Crippen molar-refractivity contribution in [3.8, 4) is 0 Å². The summed E-state index contributed by atoms with van der Waals surface area (Å²) >= 11 is 0. The maximum absolute atomic E-state index is 13.2. The van der Waals surface area contributed by atoms with Gasteiger partial charge in [-0.1, -0.05) is 36.4 Å². The van der Waals surface area contributed by atoms with Gasteiger partial charge in [-0.05, 0) is 50.5 Å². The van der Waals surface area contributed by atoms with Crippen molar-refractivity contribution in [3.05, 3.63) is 65.2 Å². The molecule has 3 rings (SSSR count). The molecular weight excluding hydrogens is 410 g/mol. The number of hydrogen-bond acceptors (Lipinski definition) is 4. The van der Waals surface area contributed by atoms with Crippen molar-refractivity contribution in [1.82, 2.24) is 14.1 Å². The Morgan fingerprint density at radius 3 is 2.23 bits per heavy atom. The van der Waals surface area contributed by atoms with E-state index in [1.165, 1.54) is 30.0 Å². The van der Waals surface area contributed by atoms with Crippen LogP contribution in [0.3, 0.4) is 0 Å². The molecule has 0 radical (unpaired) electrons. The average Bonchev–Trinajstić information content (AvgIpc) is 2.73. The van der Waals surface area contributed by atoms with Crippen molar-refractivity contribution in [3.63, 3.8) is 0 Å². The molecule has 2 aromatic rings. The molecule has 0 bridgehead atoms. The highest BCUT2D eigenvalue weighted by molar-refractivity contribution is 7.89. The molecule has 1 aliphatic heterocycles. The predicted octanol–water partition coefficient (Wildman–Crippen LogP) is 3.02. The monoisotopic (exact) mass is 443 g/mol. The standard InChI is InChI=1S/C24H33N3O3S/c1-18-11-12-22(15-23(18)31(29,30)25(4)5)24(28)26-16-19(2)27(20(3)17-26)14-13-21-9-7-6-8-10-21/h6-12,15,19-20H,13-14,16-17H2,1-5H3. The van der Waals surface area contributed by atoms with Gasteiger partial charge < -0.3 is 4.90 Å². The second-order valence-electron chi connectivity index (χ2n) is 8.65. The smallest absolute Gasteiger partial charge is 0.254 e. The van der Waals surface area contributed by atoms with E-state index in [9.17, 15) is 13.2 Å². The van der Waals surface area contributed by atoms with Crippen LogP contribution in [0, 0.1) is 6.92 Å². The van der Waals surface area contributed by atoms with Crippen molar-refractivity contribution >= 4 is 15.9 Å². The van der Waals surface area contributed by atoms with Crippen LogP contribution in [0.15, 0.2) is 53.4 Å². The lowest BCUT2D eigenvalue weighted by Crippen LogP contribution is -2.58. The Bertz CT molecular complexity index is 1010. The number of amides is 1. The predicted molar refractivity (Wildman–Crippen MR) is 124 cm³/mol. The summed E-state index contributed by atoms with van der Waals surface area (Å²) < 4.78 is 26.4. The first-order valence-corrected chi connectivity index (χ1v) is 12.2. The first kappa shape index (κ1) is 23.4. The summed E-state index contributed by atoms with van der Waals surface area (Å²) in [5.74, 6) is -0.114. The fraction of sp³-hybridized carbons (Fsp3) is 0.458. The third-order valence-corrected chi connectivity index (χ3v) is 8.04. The second-order valence-corrected chi connectivity index (χ2v) is 10.8. The molecule has 2 atom stereocenters. The number of piperazine rings is 1. The lowest BCUT2D eigenvalue weighted by atomic mass is 10.0. The van der Waals surface area contributed by atoms with Crippen LogP contribution >= 0.6 is 0 Å². The minimum atomic E-state index is -3.60. The van der Waals surface area contributed by atoms with Gasteiger partial charge in [-0.2, -0.15) is 0 Å². The van der Waals surface area contributed by atoms with Gasteiger partial charge in [-0.15, -0.1) is 0 Å². The third-order valence-electron chi connectivity index (χ3n) is 6.08. The molecule has 0 spiro atoms. The van der Waals surface area contributed by atoms with Gasteiger partial charge in [0, 0.05) is 51.4 Å². The van der Waals surface area contributed by atoms with Gasteiger partial charge in [0.1, 0.15) is 0 Å². The Kier molecular flexibility index (Phi) is 7.19. The number of rotatable bonds is 6. The van der Waals surface area contributed by atoms with Gasteiger partial charge in [0.25, 0.3) is 5.91 Å². The molecule has 6 nitrogen and oxygen atoms in total. The summed E-state index contributed by atoms with van der Waals surface area (Å²) in [7, 11) is -0.601. The summed E-state index contributed by atoms with van der Waals surface area (Å²) in [4.78, 5) is 17.7. The quantitative estimate of drug-likeness (QED) is 0.689. The first-order valence-electron chi connectivity index (χ1n) is 10.7. The summed E-state index contributed by atoms with van der Waals surface area (Å²) in [6.45, 7) is 8.25. The van der Waals surface area contributed by atoms with Gasteiger partial charge in [-0.3, -0.25) is 9.69 Å². The normalized spacial score (nSPS) is 20.3. The molecule has 1 saturated heterocycles. The number of nitrogens with zero attached hydrogens (tertiary/aromatic N) is 3. The fourth-order valence-corrected chi connectivity index (χ4v) is 5.40. The third kappa shape index (κ3) is 5.17. The van der Waals surface area contributed by atoms with Crippen molar-refractivity contribution < 1.29 is 13.2 Å². The van der Waals surface area contributed by atoms with E-state index in [0.29, 0.717) is 24.2 Å². The van der Waals surface area contributed by atoms with E-state index in [1.807, 2.05) is 11.0 Å². The lowest BCUT2D eigenvalue weighted by Gasteiger charge is -2.44. The fourth-order valence-electron chi connectivity index (χ4n) is 4.26. The van der Waals surface area contributed by atoms with Gasteiger partial charge in [-0.25, -0.2) is 12.7 Å². The van der Waals surface area contributed by atoms with Crippen LogP contribution in [0.4, 0.5) is 0 Å². The van der Waals surface area contributed by atoms with Crippen LogP contribution in [0.2, 0.25) is 0 Å². The Morgan fingerprint density at radius 1 is 1.03 bits per heavy atom. The van der Waals surface area contributed by atoms with Crippen molar-refractivity contribution in [2.24, 2.45) is 0 Å². The zero-order valence-corrected chi connectivity index (χ0v) is 19.9. The van der Waals surface area contributed by atoms with E-state index in [-0.39, 0.29) is 22.9 Å². The minimum absolute atomic E-state index is 0.114. The Morgan fingerprint density at radius 2 is 1.65 bits per heavy atom. The Labute approximate surface area is 186 Å². The molecule has 1 fully saturated rings. The van der Waals surface area contributed by atoms with Crippen LogP contribution in [-0.2, 0) is 16.4 Å². The molecular formula is C24H33N3O3S. The first-order chi connectivity index (χ1) is 14.6. The van der Waals surface area contributed by atoms with Crippen LogP contribution in [0.1, 0.15) is 35.3 Å². The molecule has 1 aliphatic rings. The molecule has 31 heavy (non-hydrogen) atoms. The minimum Gasteiger partial charge on any atom is -0.336 e. The van der Waals surface area contributed by atoms with E-state index in [1.54, 1.807) is 19.1 Å². The molecule has 0 saturated carbocycles. The summed E-state index contributed by atoms with van der Waals surface area (Å²) in [6, 6.07) is 15.9. The molecule has 2 aromatic carbocycles. The lowest BCUT2D eigenvalue weighted by molar-refractivity contribution is 0.0311. The Balaban J connectivity index is 1.73. The molecule has 1 amide bonds. The largest absolute Gasteiger partial charge is 0.336 e. The number of sulfonamides is 1. The van der Waals surface area contributed by atoms with Gasteiger partial charge in [0.05, 0.1) is 4.90 Å². The maximum atomic E-state index is 13.2. The van der Waals surface area contributed by atoms with E-state index in [4.69, 9.17) is 0 Å². The number of carbonyl (C=O) groups excluding carboxylic acids is 1. The van der Waals surface area contributed by atoms with Crippen molar-refractivity contribution in [2.75, 3.05) is 33.7 Å².